The van der Waals surface area contributed by atoms with E-state index in [0.717, 1.165) is 0 Å². The average Bonchev–Trinajstić information content (AvgIpc) is 3.09. The third-order valence-corrected chi connectivity index (χ3v) is 7.31. The summed E-state index contributed by atoms with van der Waals surface area (Å²) in [4.78, 5) is 111. The molecule has 0 aliphatic carbocycles. The van der Waals surface area contributed by atoms with Crippen molar-refractivity contribution in [1.29, 1.82) is 0 Å². The number of H-pyrrole nitrogens is 1. The van der Waals surface area contributed by atoms with E-state index < -0.39 is 90.6 Å². The van der Waals surface area contributed by atoms with Gasteiger partial charge in [-0.3, -0.25) is 28.8 Å². The van der Waals surface area contributed by atoms with Gasteiger partial charge in [0.2, 0.25) is 17.7 Å². The second-order valence-corrected chi connectivity index (χ2v) is 11.1. The molecule has 4 atom stereocenters. The van der Waals surface area contributed by atoms with Crippen molar-refractivity contribution >= 4 is 71.0 Å². The monoisotopic (exact) mass is 730 g/mol. The molecule has 11 N–H and O–H groups in total. The molecular weight excluding hydrogens is 696 g/mol. The standard InChI is InChI=1S/C29H34N10O11S/c30-16(25(44)38-18(7-21(41)42)26(45)39-19(11-51)29(49)50)10-32-20(40)6-5-17(28(47)48)37-24(43)13-1-3-14(4-2-13)31-8-15-9-33-23-22(36-15)27(46)35-12-34-23/h1-4,9,12,16-19,31,51H,5-8,10-11,30H2,(H,32,40)(H,37,43)(H,38,44)(H,39,45)(H,41,42)(H,47,48)(H,49,50)(H,33,34,35,46). The maximum absolute atomic E-state index is 12.7. The number of hydrogen-bond donors (Lipinski definition) is 11. The van der Waals surface area contributed by atoms with Crippen LogP contribution >= 0.6 is 12.6 Å². The highest BCUT2D eigenvalue weighted by Crippen LogP contribution is 2.12. The van der Waals surface area contributed by atoms with Crippen molar-refractivity contribution in [2.75, 3.05) is 17.6 Å². The molecule has 51 heavy (non-hydrogen) atoms. The van der Waals surface area contributed by atoms with Gasteiger partial charge in [0.05, 0.1) is 31.2 Å². The first kappa shape index (κ1) is 39.3. The first-order chi connectivity index (χ1) is 24.2. The van der Waals surface area contributed by atoms with E-state index in [-0.39, 0.29) is 35.4 Å². The Hall–Kier alpha value is -6.16. The van der Waals surface area contributed by atoms with Crippen LogP contribution in [0.25, 0.3) is 11.2 Å². The number of thiol groups is 1. The third-order valence-electron chi connectivity index (χ3n) is 6.95. The fraction of sp³-hybridized carbons (Fsp3) is 0.345. The van der Waals surface area contributed by atoms with Crippen LogP contribution in [0.15, 0.2) is 41.6 Å². The van der Waals surface area contributed by atoms with E-state index in [1.165, 1.54) is 24.7 Å². The molecule has 0 aliphatic rings. The van der Waals surface area contributed by atoms with Gasteiger partial charge in [-0.1, -0.05) is 0 Å². The Morgan fingerprint density at radius 3 is 2.18 bits per heavy atom. The Bertz CT molecular complexity index is 1840. The maximum atomic E-state index is 12.7. The summed E-state index contributed by atoms with van der Waals surface area (Å²) in [6.07, 6.45) is 1.03. The van der Waals surface area contributed by atoms with Gasteiger partial charge >= 0.3 is 17.9 Å². The number of aromatic nitrogens is 4. The van der Waals surface area contributed by atoms with Crippen molar-refractivity contribution < 1.29 is 48.9 Å². The van der Waals surface area contributed by atoms with Crippen molar-refractivity contribution in [2.24, 2.45) is 5.73 Å². The predicted molar refractivity (Wildman–Crippen MR) is 178 cm³/mol. The highest BCUT2D eigenvalue weighted by atomic mass is 32.1. The Labute approximate surface area is 292 Å². The molecule has 3 rings (SSSR count). The summed E-state index contributed by atoms with van der Waals surface area (Å²) in [6, 6.07) is -0.101. The number of benzene rings is 1. The largest absolute Gasteiger partial charge is 0.481 e. The van der Waals surface area contributed by atoms with Gasteiger partial charge < -0.3 is 52.6 Å². The zero-order valence-corrected chi connectivity index (χ0v) is 27.4. The molecule has 272 valence electrons. The Morgan fingerprint density at radius 1 is 0.882 bits per heavy atom. The number of carbonyl (C=O) groups is 7. The molecule has 4 amide bonds. The molecule has 0 bridgehead atoms. The van der Waals surface area contributed by atoms with Crippen molar-refractivity contribution in [1.82, 2.24) is 41.2 Å². The number of anilines is 1. The number of nitrogens with zero attached hydrogens (tertiary/aromatic N) is 3. The van der Waals surface area contributed by atoms with E-state index in [2.05, 4.69) is 53.8 Å². The summed E-state index contributed by atoms with van der Waals surface area (Å²) >= 11 is 3.79. The second-order valence-electron chi connectivity index (χ2n) is 10.8. The number of amides is 4. The van der Waals surface area contributed by atoms with Crippen molar-refractivity contribution in [2.45, 2.75) is 50.0 Å². The molecule has 0 saturated carbocycles. The molecule has 2 aromatic heterocycles. The molecule has 0 fully saturated rings. The number of carboxylic acid groups (broad SMARTS) is 3. The van der Waals surface area contributed by atoms with Crippen LogP contribution in [0.1, 0.15) is 35.3 Å². The number of hydrogen-bond acceptors (Lipinski definition) is 14. The molecule has 22 heteroatoms. The molecule has 4 unspecified atom stereocenters. The van der Waals surface area contributed by atoms with Crippen molar-refractivity contribution in [3.63, 3.8) is 0 Å². The first-order valence-electron chi connectivity index (χ1n) is 14.9. The summed E-state index contributed by atoms with van der Waals surface area (Å²) < 4.78 is 0. The van der Waals surface area contributed by atoms with Crippen LogP contribution in [-0.4, -0.2) is 113 Å². The summed E-state index contributed by atoms with van der Waals surface area (Å²) in [5.41, 5.74) is 6.74. The lowest BCUT2D eigenvalue weighted by molar-refractivity contribution is -0.143. The quantitative estimate of drug-likeness (QED) is 0.0555. The number of nitrogens with two attached hydrogens (primary N) is 1. The summed E-state index contributed by atoms with van der Waals surface area (Å²) in [6.45, 7) is -0.302. The minimum atomic E-state index is -1.69. The van der Waals surface area contributed by atoms with Crippen molar-refractivity contribution in [3.05, 3.63) is 58.4 Å². The lowest BCUT2D eigenvalue weighted by Gasteiger charge is -2.21. The number of rotatable bonds is 19. The number of fused-ring (bicyclic) bond motifs is 1. The first-order valence-corrected chi connectivity index (χ1v) is 15.6. The number of aromatic amines is 1. The fourth-order valence-corrected chi connectivity index (χ4v) is 4.45. The molecule has 1 aromatic carbocycles. The highest BCUT2D eigenvalue weighted by molar-refractivity contribution is 7.80. The Balaban J connectivity index is 1.47. The molecule has 3 aromatic rings. The summed E-state index contributed by atoms with van der Waals surface area (Å²) in [5.74, 6) is -8.25. The third kappa shape index (κ3) is 12.0. The Kier molecular flexibility index (Phi) is 14.3. The van der Waals surface area contributed by atoms with E-state index in [0.29, 0.717) is 11.4 Å². The SMILES string of the molecule is NC(CNC(=O)CCC(NC(=O)c1ccc(NCc2cnc3nc[nH]c(=O)c3n2)cc1)C(=O)O)C(=O)NC(CC(=O)O)C(=O)NC(CS)C(=O)O. The van der Waals surface area contributed by atoms with Gasteiger partial charge in [0, 0.05) is 30.0 Å². The van der Waals surface area contributed by atoms with E-state index >= 15 is 0 Å². The predicted octanol–water partition coefficient (Wildman–Crippen LogP) is -2.81. The molecule has 0 saturated heterocycles. The normalized spacial score (nSPS) is 13.1. The van der Waals surface area contributed by atoms with Gasteiger partial charge in [-0.25, -0.2) is 24.5 Å². The summed E-state index contributed by atoms with van der Waals surface area (Å²) in [7, 11) is 0. The number of carboxylic acids is 3. The van der Waals surface area contributed by atoms with Gasteiger partial charge in [0.15, 0.2) is 11.2 Å². The van der Waals surface area contributed by atoms with Gasteiger partial charge in [0.1, 0.15) is 24.2 Å². The second kappa shape index (κ2) is 18.6. The molecule has 0 aliphatic heterocycles. The minimum Gasteiger partial charge on any atom is -0.481 e. The van der Waals surface area contributed by atoms with Crippen LogP contribution in [0.3, 0.4) is 0 Å². The lowest BCUT2D eigenvalue weighted by atomic mass is 10.1. The van der Waals surface area contributed by atoms with Crippen LogP contribution in [0.2, 0.25) is 0 Å². The molecule has 2 heterocycles. The van der Waals surface area contributed by atoms with Gasteiger partial charge in [0.25, 0.3) is 11.5 Å². The fourth-order valence-electron chi connectivity index (χ4n) is 4.20. The molecule has 0 spiro atoms. The zero-order valence-electron chi connectivity index (χ0n) is 26.5. The smallest absolute Gasteiger partial charge is 0.327 e. The molecular formula is C29H34N10O11S. The minimum absolute atomic E-state index is 0.0797. The van der Waals surface area contributed by atoms with Gasteiger partial charge in [-0.2, -0.15) is 12.6 Å². The molecule has 21 nitrogen and oxygen atoms in total. The van der Waals surface area contributed by atoms with E-state index in [9.17, 15) is 43.5 Å². The number of carbonyl (C=O) groups excluding carboxylic acids is 4. The van der Waals surface area contributed by atoms with Crippen LogP contribution in [-0.2, 0) is 35.3 Å². The topological polar surface area (TPSA) is 338 Å². The average molecular weight is 731 g/mol. The van der Waals surface area contributed by atoms with E-state index in [1.807, 2.05) is 5.32 Å². The van der Waals surface area contributed by atoms with Gasteiger partial charge in [-0.15, -0.1) is 0 Å². The van der Waals surface area contributed by atoms with Crippen LogP contribution < -0.4 is 37.9 Å². The Morgan fingerprint density at radius 2 is 1.55 bits per heavy atom. The summed E-state index contributed by atoms with van der Waals surface area (Å²) in [5, 5.41) is 39.6. The van der Waals surface area contributed by atoms with Crippen molar-refractivity contribution in [3.8, 4) is 0 Å². The van der Waals surface area contributed by atoms with E-state index in [1.54, 1.807) is 12.1 Å². The zero-order chi connectivity index (χ0) is 37.7. The van der Waals surface area contributed by atoms with Gasteiger partial charge in [-0.05, 0) is 30.7 Å². The maximum Gasteiger partial charge on any atom is 0.327 e. The van der Waals surface area contributed by atoms with Crippen LogP contribution in [0, 0.1) is 0 Å². The van der Waals surface area contributed by atoms with Crippen LogP contribution in [0.4, 0.5) is 5.69 Å². The lowest BCUT2D eigenvalue weighted by Crippen LogP contribution is -2.57. The van der Waals surface area contributed by atoms with E-state index in [4.69, 9.17) is 15.9 Å². The number of aliphatic carboxylic acids is 3. The molecule has 0 radical (unpaired) electrons. The highest BCUT2D eigenvalue weighted by Gasteiger charge is 2.29. The number of nitrogens with one attached hydrogen (secondary N) is 6. The van der Waals surface area contributed by atoms with Crippen LogP contribution in [0.5, 0.6) is 0 Å².